The minimum absolute atomic E-state index is 0.0270. The maximum Gasteiger partial charge on any atom is 0.237 e. The van der Waals surface area contributed by atoms with Gasteiger partial charge in [-0.05, 0) is 61.3 Å². The lowest BCUT2D eigenvalue weighted by molar-refractivity contribution is -0.124. The van der Waals surface area contributed by atoms with Crippen LogP contribution in [0, 0.1) is 6.92 Å². The number of hydrogen-bond acceptors (Lipinski definition) is 3. The molecule has 3 heterocycles. The second-order valence-electron chi connectivity index (χ2n) is 8.13. The number of hydrogen-bond donors (Lipinski definition) is 2. The van der Waals surface area contributed by atoms with Gasteiger partial charge in [-0.1, -0.05) is 41.4 Å². The SMILES string of the molecule is Cc1cc(C2NCCC(c3cccc(Cl)c3)C23C(=O)Nc2cc(Cl)ccc23)n(C)n1. The minimum atomic E-state index is -0.844. The summed E-state index contributed by atoms with van der Waals surface area (Å²) < 4.78 is 1.87. The number of amides is 1. The Bertz CT molecular complexity index is 1160. The quantitative estimate of drug-likeness (QED) is 0.604. The fourth-order valence-electron chi connectivity index (χ4n) is 5.31. The van der Waals surface area contributed by atoms with Crippen LogP contribution in [0.5, 0.6) is 0 Å². The van der Waals surface area contributed by atoms with Crippen LogP contribution in [0.3, 0.4) is 0 Å². The lowest BCUT2D eigenvalue weighted by atomic mass is 9.60. The number of piperidine rings is 1. The molecule has 2 aliphatic heterocycles. The number of aromatic nitrogens is 2. The highest BCUT2D eigenvalue weighted by atomic mass is 35.5. The molecule has 5 nitrogen and oxygen atoms in total. The van der Waals surface area contributed by atoms with Crippen molar-refractivity contribution in [1.29, 1.82) is 0 Å². The van der Waals surface area contributed by atoms with Crippen LogP contribution in [0.25, 0.3) is 0 Å². The van der Waals surface area contributed by atoms with Crippen molar-refractivity contribution in [1.82, 2.24) is 15.1 Å². The average molecular weight is 441 g/mol. The highest BCUT2D eigenvalue weighted by Gasteiger charge is 2.60. The first-order valence-corrected chi connectivity index (χ1v) is 10.8. The second kappa shape index (κ2) is 7.12. The number of carbonyl (C=O) groups excluding carboxylic acids is 1. The summed E-state index contributed by atoms with van der Waals surface area (Å²) in [5, 5.41) is 12.6. The molecule has 1 aromatic heterocycles. The molecule has 2 aliphatic rings. The fourth-order valence-corrected chi connectivity index (χ4v) is 5.69. The van der Waals surface area contributed by atoms with Gasteiger partial charge in [0, 0.05) is 28.7 Å². The Balaban J connectivity index is 1.79. The predicted molar refractivity (Wildman–Crippen MR) is 119 cm³/mol. The number of fused-ring (bicyclic) bond motifs is 2. The van der Waals surface area contributed by atoms with E-state index in [2.05, 4.69) is 27.9 Å². The standard InChI is InChI=1S/C23H22Cl2N4O/c1-13-10-20(29(2)28-13)21-23(18-7-6-16(25)12-19(18)27-22(23)30)17(8-9-26-21)14-4-3-5-15(24)11-14/h3-7,10-12,17,21,26H,8-9H2,1-2H3,(H,27,30). The van der Waals surface area contributed by atoms with E-state index in [1.807, 2.05) is 55.1 Å². The molecule has 2 aromatic carbocycles. The molecule has 1 amide bonds. The Hall–Kier alpha value is -2.34. The lowest BCUT2D eigenvalue weighted by Gasteiger charge is -2.46. The number of benzene rings is 2. The number of carbonyl (C=O) groups is 1. The van der Waals surface area contributed by atoms with E-state index in [0.29, 0.717) is 10.0 Å². The summed E-state index contributed by atoms with van der Waals surface area (Å²) >= 11 is 12.6. The zero-order valence-corrected chi connectivity index (χ0v) is 18.3. The summed E-state index contributed by atoms with van der Waals surface area (Å²) in [6, 6.07) is 15.3. The molecule has 0 saturated carbocycles. The van der Waals surface area contributed by atoms with E-state index in [-0.39, 0.29) is 17.9 Å². The van der Waals surface area contributed by atoms with Crippen LogP contribution in [-0.4, -0.2) is 22.2 Å². The second-order valence-corrected chi connectivity index (χ2v) is 9.00. The van der Waals surface area contributed by atoms with Crippen LogP contribution in [0.1, 0.15) is 40.9 Å². The molecule has 0 bridgehead atoms. The first-order valence-electron chi connectivity index (χ1n) is 10.0. The average Bonchev–Trinajstić information content (AvgIpc) is 3.18. The van der Waals surface area contributed by atoms with E-state index >= 15 is 0 Å². The van der Waals surface area contributed by atoms with Crippen molar-refractivity contribution in [3.63, 3.8) is 0 Å². The normalized spacial score (nSPS) is 25.4. The van der Waals surface area contributed by atoms with Gasteiger partial charge in [0.15, 0.2) is 0 Å². The van der Waals surface area contributed by atoms with Gasteiger partial charge in [0.1, 0.15) is 5.41 Å². The summed E-state index contributed by atoms with van der Waals surface area (Å²) in [7, 11) is 1.93. The molecule has 0 radical (unpaired) electrons. The highest BCUT2D eigenvalue weighted by Crippen LogP contribution is 2.57. The lowest BCUT2D eigenvalue weighted by Crippen LogP contribution is -2.55. The Labute approximate surface area is 185 Å². The summed E-state index contributed by atoms with van der Waals surface area (Å²) in [6.07, 6.45) is 0.809. The molecular weight excluding hydrogens is 419 g/mol. The molecule has 7 heteroatoms. The molecule has 30 heavy (non-hydrogen) atoms. The third-order valence-corrected chi connectivity index (χ3v) is 6.89. The van der Waals surface area contributed by atoms with Crippen molar-refractivity contribution >= 4 is 34.8 Å². The van der Waals surface area contributed by atoms with Crippen LogP contribution < -0.4 is 10.6 Å². The Morgan fingerprint density at radius 3 is 2.67 bits per heavy atom. The third-order valence-electron chi connectivity index (χ3n) is 6.42. The van der Waals surface area contributed by atoms with Crippen LogP contribution in [-0.2, 0) is 17.3 Å². The summed E-state index contributed by atoms with van der Waals surface area (Å²) in [5.74, 6) is -0.0825. The van der Waals surface area contributed by atoms with Gasteiger partial charge in [-0.25, -0.2) is 0 Å². The monoisotopic (exact) mass is 440 g/mol. The van der Waals surface area contributed by atoms with Gasteiger partial charge in [0.2, 0.25) is 5.91 Å². The zero-order chi connectivity index (χ0) is 21.0. The molecule has 1 fully saturated rings. The van der Waals surface area contributed by atoms with Crippen molar-refractivity contribution in [3.8, 4) is 0 Å². The van der Waals surface area contributed by atoms with Gasteiger partial charge >= 0.3 is 0 Å². The maximum absolute atomic E-state index is 13.8. The third kappa shape index (κ3) is 2.80. The Morgan fingerprint density at radius 1 is 1.13 bits per heavy atom. The van der Waals surface area contributed by atoms with Gasteiger partial charge in [-0.2, -0.15) is 5.10 Å². The van der Waals surface area contributed by atoms with Crippen LogP contribution >= 0.6 is 23.2 Å². The number of anilines is 1. The van der Waals surface area contributed by atoms with E-state index in [9.17, 15) is 4.79 Å². The molecule has 5 rings (SSSR count). The van der Waals surface area contributed by atoms with Gasteiger partial charge in [-0.15, -0.1) is 0 Å². The number of nitrogens with zero attached hydrogens (tertiary/aromatic N) is 2. The van der Waals surface area contributed by atoms with Crippen molar-refractivity contribution < 1.29 is 4.79 Å². The Morgan fingerprint density at radius 2 is 1.93 bits per heavy atom. The van der Waals surface area contributed by atoms with Crippen molar-refractivity contribution in [2.75, 3.05) is 11.9 Å². The van der Waals surface area contributed by atoms with Gasteiger partial charge in [0.05, 0.1) is 17.4 Å². The van der Waals surface area contributed by atoms with E-state index in [1.165, 1.54) is 0 Å². The largest absolute Gasteiger partial charge is 0.325 e. The van der Waals surface area contributed by atoms with Gasteiger partial charge in [0.25, 0.3) is 0 Å². The van der Waals surface area contributed by atoms with Crippen LogP contribution in [0.2, 0.25) is 10.0 Å². The van der Waals surface area contributed by atoms with Crippen LogP contribution in [0.4, 0.5) is 5.69 Å². The van der Waals surface area contributed by atoms with Gasteiger partial charge in [-0.3, -0.25) is 9.48 Å². The number of rotatable bonds is 2. The van der Waals surface area contributed by atoms with Crippen molar-refractivity contribution in [2.45, 2.75) is 30.7 Å². The Kier molecular flexibility index (Phi) is 4.65. The molecule has 3 aromatic rings. The van der Waals surface area contributed by atoms with E-state index in [1.54, 1.807) is 0 Å². The molecule has 3 atom stereocenters. The van der Waals surface area contributed by atoms with Crippen molar-refractivity contribution in [3.05, 3.63) is 81.1 Å². The van der Waals surface area contributed by atoms with E-state index in [0.717, 1.165) is 41.2 Å². The van der Waals surface area contributed by atoms with Crippen molar-refractivity contribution in [2.24, 2.45) is 7.05 Å². The smallest absolute Gasteiger partial charge is 0.237 e. The molecular formula is C23H22Cl2N4O. The summed E-state index contributed by atoms with van der Waals surface area (Å²) in [6.45, 7) is 2.75. The van der Waals surface area contributed by atoms with E-state index < -0.39 is 5.41 Å². The molecule has 2 N–H and O–H groups in total. The maximum atomic E-state index is 13.8. The number of aryl methyl sites for hydroxylation is 2. The fraction of sp³-hybridized carbons (Fsp3) is 0.304. The zero-order valence-electron chi connectivity index (χ0n) is 16.7. The van der Waals surface area contributed by atoms with Gasteiger partial charge < -0.3 is 10.6 Å². The molecule has 1 saturated heterocycles. The number of nitrogens with one attached hydrogen (secondary N) is 2. The molecule has 154 valence electrons. The predicted octanol–water partition coefficient (Wildman–Crippen LogP) is 4.74. The summed E-state index contributed by atoms with van der Waals surface area (Å²) in [4.78, 5) is 13.8. The van der Waals surface area contributed by atoms with Crippen LogP contribution in [0.15, 0.2) is 48.5 Å². The molecule has 0 aliphatic carbocycles. The van der Waals surface area contributed by atoms with E-state index in [4.69, 9.17) is 23.2 Å². The minimum Gasteiger partial charge on any atom is -0.325 e. The topological polar surface area (TPSA) is 59.0 Å². The summed E-state index contributed by atoms with van der Waals surface area (Å²) in [5.41, 5.74) is 3.85. The highest BCUT2D eigenvalue weighted by molar-refractivity contribution is 6.31. The molecule has 3 unspecified atom stereocenters. The first-order chi connectivity index (χ1) is 14.4. The first kappa shape index (κ1) is 19.6. The molecule has 1 spiro atoms. The number of halogens is 2.